The highest BCUT2D eigenvalue weighted by Crippen LogP contribution is 1.98. The van der Waals surface area contributed by atoms with Crippen molar-refractivity contribution in [2.75, 3.05) is 0 Å². The smallest absolute Gasteiger partial charge is 0.294 e. The summed E-state index contributed by atoms with van der Waals surface area (Å²) in [6.07, 6.45) is 0.446. The molecule has 0 fully saturated rings. The Bertz CT molecular complexity index is 207. The number of carbonyl (C=O) groups is 1. The van der Waals surface area contributed by atoms with E-state index in [9.17, 15) is 9.70 Å². The van der Waals surface area contributed by atoms with Crippen LogP contribution in [0.5, 0.6) is 0 Å². The highest BCUT2D eigenvalue weighted by Gasteiger charge is 1.98. The fourth-order valence-corrected chi connectivity index (χ4v) is 0.359. The van der Waals surface area contributed by atoms with Gasteiger partial charge in [-0.1, -0.05) is 0 Å². The Kier molecular flexibility index (Phi) is 1.31. The number of H-pyrrole nitrogens is 1. The van der Waals surface area contributed by atoms with E-state index in [1.807, 2.05) is 0 Å². The van der Waals surface area contributed by atoms with Crippen molar-refractivity contribution in [1.29, 1.82) is 0 Å². The Labute approximate surface area is 49.3 Å². The van der Waals surface area contributed by atoms with Crippen LogP contribution in [-0.4, -0.2) is 21.5 Å². The number of nitrogens with one attached hydrogen (secondary N) is 1. The van der Waals surface area contributed by atoms with Crippen molar-refractivity contribution >= 4 is 12.2 Å². The second kappa shape index (κ2) is 2.12. The van der Waals surface area contributed by atoms with Crippen LogP contribution in [0.4, 0.5) is 5.95 Å². The minimum Gasteiger partial charge on any atom is -0.294 e. The van der Waals surface area contributed by atoms with E-state index < -0.39 is 0 Å². The molecule has 1 rings (SSSR count). The standard InChI is InChI=1S/C3H2N4O2/c8-1-2-4-3(7-9)6-5-2/h1H,(H,4,5,6). The van der Waals surface area contributed by atoms with Crippen molar-refractivity contribution in [2.45, 2.75) is 0 Å². The Hall–Kier alpha value is -1.59. The summed E-state index contributed by atoms with van der Waals surface area (Å²) in [5.74, 6) is -0.248. The molecule has 1 N–H and O–H groups in total. The monoisotopic (exact) mass is 126 g/mol. The van der Waals surface area contributed by atoms with Gasteiger partial charge in [0.05, 0.1) is 0 Å². The van der Waals surface area contributed by atoms with Gasteiger partial charge in [-0.25, -0.2) is 0 Å². The number of rotatable bonds is 2. The van der Waals surface area contributed by atoms with Crippen molar-refractivity contribution in [2.24, 2.45) is 5.18 Å². The molecule has 0 spiro atoms. The van der Waals surface area contributed by atoms with E-state index in [4.69, 9.17) is 0 Å². The second-order valence-corrected chi connectivity index (χ2v) is 1.23. The molecule has 1 aromatic heterocycles. The summed E-state index contributed by atoms with van der Waals surface area (Å²) in [7, 11) is 0. The van der Waals surface area contributed by atoms with E-state index in [2.05, 4.69) is 20.4 Å². The lowest BCUT2D eigenvalue weighted by atomic mass is 10.7. The van der Waals surface area contributed by atoms with E-state index in [1.165, 1.54) is 0 Å². The predicted molar refractivity (Wildman–Crippen MR) is 27.2 cm³/mol. The molecular weight excluding hydrogens is 124 g/mol. The summed E-state index contributed by atoms with van der Waals surface area (Å²) >= 11 is 0. The maximum Gasteiger partial charge on any atom is 0.309 e. The molecule has 0 unspecified atom stereocenters. The summed E-state index contributed by atoms with van der Waals surface area (Å²) in [5.41, 5.74) is 0. The van der Waals surface area contributed by atoms with E-state index in [1.54, 1.807) is 0 Å². The van der Waals surface area contributed by atoms with E-state index in [0.29, 0.717) is 6.29 Å². The Morgan fingerprint density at radius 2 is 2.44 bits per heavy atom. The highest BCUT2D eigenvalue weighted by molar-refractivity contribution is 5.68. The van der Waals surface area contributed by atoms with E-state index in [0.717, 1.165) is 0 Å². The Morgan fingerprint density at radius 1 is 1.67 bits per heavy atom. The van der Waals surface area contributed by atoms with Gasteiger partial charge in [-0.2, -0.15) is 4.98 Å². The first-order chi connectivity index (χ1) is 4.36. The molecule has 0 aromatic carbocycles. The second-order valence-electron chi connectivity index (χ2n) is 1.23. The first-order valence-electron chi connectivity index (χ1n) is 2.07. The number of nitrogens with zero attached hydrogens (tertiary/aromatic N) is 3. The van der Waals surface area contributed by atoms with Crippen LogP contribution in [0, 0.1) is 4.91 Å². The normalized spacial score (nSPS) is 8.89. The number of aldehydes is 1. The summed E-state index contributed by atoms with van der Waals surface area (Å²) < 4.78 is 0. The molecule has 0 amide bonds. The molecule has 9 heavy (non-hydrogen) atoms. The Balaban J connectivity index is 2.98. The molecule has 0 radical (unpaired) electrons. The fourth-order valence-electron chi connectivity index (χ4n) is 0.359. The summed E-state index contributed by atoms with van der Waals surface area (Å²) in [6.45, 7) is 0. The van der Waals surface area contributed by atoms with Crippen LogP contribution in [0.3, 0.4) is 0 Å². The highest BCUT2D eigenvalue weighted by atomic mass is 16.3. The number of nitroso groups, excluding NO2 is 1. The van der Waals surface area contributed by atoms with Gasteiger partial charge in [-0.3, -0.25) is 9.89 Å². The van der Waals surface area contributed by atoms with Gasteiger partial charge >= 0.3 is 5.95 Å². The van der Waals surface area contributed by atoms with Gasteiger partial charge in [-0.05, 0) is 0 Å². The quantitative estimate of drug-likeness (QED) is 0.446. The average Bonchev–Trinajstić information content (AvgIpc) is 2.34. The molecule has 1 aromatic rings. The van der Waals surface area contributed by atoms with Crippen LogP contribution < -0.4 is 0 Å². The number of aromatic nitrogens is 3. The van der Waals surface area contributed by atoms with Crippen LogP contribution in [-0.2, 0) is 0 Å². The first kappa shape index (κ1) is 5.54. The van der Waals surface area contributed by atoms with E-state index >= 15 is 0 Å². The summed E-state index contributed by atoms with van der Waals surface area (Å²) in [5, 5.41) is 7.82. The van der Waals surface area contributed by atoms with Crippen molar-refractivity contribution in [1.82, 2.24) is 15.2 Å². The van der Waals surface area contributed by atoms with Gasteiger partial charge in [0.2, 0.25) is 0 Å². The molecular formula is C3H2N4O2. The first-order valence-corrected chi connectivity index (χ1v) is 2.07. The zero-order chi connectivity index (χ0) is 6.69. The molecule has 0 aliphatic rings. The maximum absolute atomic E-state index is 9.86. The zero-order valence-corrected chi connectivity index (χ0v) is 4.24. The molecule has 1 heterocycles. The van der Waals surface area contributed by atoms with Crippen LogP contribution in [0.15, 0.2) is 5.18 Å². The van der Waals surface area contributed by atoms with Crippen molar-refractivity contribution in [3.63, 3.8) is 0 Å². The SMILES string of the molecule is O=Cc1nc(N=O)n[nH]1. The summed E-state index contributed by atoms with van der Waals surface area (Å²) in [4.78, 5) is 22.8. The van der Waals surface area contributed by atoms with Crippen molar-refractivity contribution in [3.8, 4) is 0 Å². The average molecular weight is 126 g/mol. The largest absolute Gasteiger partial charge is 0.309 e. The Morgan fingerprint density at radius 3 is 2.78 bits per heavy atom. The van der Waals surface area contributed by atoms with Crippen LogP contribution in [0.2, 0.25) is 0 Å². The molecule has 0 bridgehead atoms. The van der Waals surface area contributed by atoms with Crippen LogP contribution in [0.1, 0.15) is 10.6 Å². The van der Waals surface area contributed by atoms with Crippen LogP contribution >= 0.6 is 0 Å². The van der Waals surface area contributed by atoms with Crippen LogP contribution in [0.25, 0.3) is 0 Å². The minimum atomic E-state index is -0.253. The third-order valence-electron chi connectivity index (χ3n) is 0.684. The maximum atomic E-state index is 9.86. The molecule has 0 aliphatic heterocycles. The lowest BCUT2D eigenvalue weighted by molar-refractivity contribution is 0.111. The predicted octanol–water partition coefficient (Wildman–Crippen LogP) is 0.0151. The van der Waals surface area contributed by atoms with Gasteiger partial charge in [0.25, 0.3) is 0 Å². The molecule has 0 atom stereocenters. The zero-order valence-electron chi connectivity index (χ0n) is 4.24. The van der Waals surface area contributed by atoms with Gasteiger partial charge in [-0.15, -0.1) is 10.0 Å². The van der Waals surface area contributed by atoms with Gasteiger partial charge in [0.15, 0.2) is 12.1 Å². The molecule has 0 saturated heterocycles. The third-order valence-corrected chi connectivity index (χ3v) is 0.684. The van der Waals surface area contributed by atoms with Gasteiger partial charge in [0, 0.05) is 5.18 Å². The molecule has 0 aliphatic carbocycles. The lowest BCUT2D eigenvalue weighted by Gasteiger charge is -1.66. The van der Waals surface area contributed by atoms with Gasteiger partial charge < -0.3 is 0 Å². The lowest BCUT2D eigenvalue weighted by Crippen LogP contribution is -1.79. The van der Waals surface area contributed by atoms with Gasteiger partial charge in [0.1, 0.15) is 0 Å². The van der Waals surface area contributed by atoms with E-state index in [-0.39, 0.29) is 11.8 Å². The van der Waals surface area contributed by atoms with Crippen molar-refractivity contribution in [3.05, 3.63) is 10.7 Å². The molecule has 6 heteroatoms. The molecule has 6 nitrogen and oxygen atoms in total. The number of carbonyl (C=O) groups excluding carboxylic acids is 1. The number of hydrogen-bond acceptors (Lipinski definition) is 5. The minimum absolute atomic E-state index is 0.00426. The third kappa shape index (κ3) is 0.958. The van der Waals surface area contributed by atoms with Crippen molar-refractivity contribution < 1.29 is 4.79 Å². The topological polar surface area (TPSA) is 88.1 Å². The molecule has 46 valence electrons. The fraction of sp³-hybridized carbons (Fsp3) is 0. The summed E-state index contributed by atoms with van der Waals surface area (Å²) in [6, 6.07) is 0. The molecule has 0 saturated carbocycles. The number of hydrogen-bond donors (Lipinski definition) is 1. The number of aromatic amines is 1.